The number of hydrogen-bond donors (Lipinski definition) is 3. The average Bonchev–Trinajstić information content (AvgIpc) is 2.85. The largest absolute Gasteiger partial charge is 0.478 e. The summed E-state index contributed by atoms with van der Waals surface area (Å²) in [5, 5.41) is 14.6. The summed E-state index contributed by atoms with van der Waals surface area (Å²) < 4.78 is 20.8. The van der Waals surface area contributed by atoms with E-state index in [-0.39, 0.29) is 42.1 Å². The fraction of sp³-hybridized carbons (Fsp3) is 0.615. The molecule has 2 heterocycles. The van der Waals surface area contributed by atoms with Crippen LogP contribution in [0.25, 0.3) is 0 Å². The molecular weight excluding hydrogens is 483 g/mol. The molecule has 2 fully saturated rings. The minimum atomic E-state index is -1.28. The number of rotatable bonds is 5. The Morgan fingerprint density at radius 3 is 2.22 bits per heavy atom. The SMILES string of the molecule is CC.CC.CC(C)(C)OC(=O)N1CCN(c2ccc(C(=O)O)c(CNC3CCC(=O)NC3=O)c2F)CC1. The molecule has 1 unspecified atom stereocenters. The monoisotopic (exact) mass is 524 g/mol. The molecule has 2 aliphatic rings. The number of carbonyl (C=O) groups excluding carboxylic acids is 3. The van der Waals surface area contributed by atoms with E-state index in [0.29, 0.717) is 26.2 Å². The van der Waals surface area contributed by atoms with Gasteiger partial charge in [0.05, 0.1) is 17.3 Å². The maximum absolute atomic E-state index is 15.5. The maximum atomic E-state index is 15.5. The molecule has 3 rings (SSSR count). The van der Waals surface area contributed by atoms with Crippen LogP contribution in [0.1, 0.15) is 77.2 Å². The number of halogens is 1. The van der Waals surface area contributed by atoms with Crippen molar-refractivity contribution in [3.8, 4) is 0 Å². The summed E-state index contributed by atoms with van der Waals surface area (Å²) in [6.45, 7) is 14.5. The second kappa shape index (κ2) is 14.5. The Kier molecular flexibility index (Phi) is 12.5. The van der Waals surface area contributed by atoms with Crippen molar-refractivity contribution in [2.24, 2.45) is 0 Å². The van der Waals surface area contributed by atoms with Crippen molar-refractivity contribution in [2.45, 2.75) is 79.5 Å². The van der Waals surface area contributed by atoms with Gasteiger partial charge in [0.1, 0.15) is 5.60 Å². The van der Waals surface area contributed by atoms with Crippen LogP contribution in [0.2, 0.25) is 0 Å². The molecule has 37 heavy (non-hydrogen) atoms. The fourth-order valence-corrected chi connectivity index (χ4v) is 3.80. The first-order valence-corrected chi connectivity index (χ1v) is 12.8. The number of ether oxygens (including phenoxy) is 1. The highest BCUT2D eigenvalue weighted by molar-refractivity contribution is 6.00. The van der Waals surface area contributed by atoms with Crippen LogP contribution in [0.5, 0.6) is 0 Å². The molecule has 208 valence electrons. The summed E-state index contributed by atoms with van der Waals surface area (Å²) in [7, 11) is 0. The number of piperidine rings is 1. The van der Waals surface area contributed by atoms with Gasteiger partial charge in [0, 0.05) is 44.7 Å². The van der Waals surface area contributed by atoms with E-state index in [4.69, 9.17) is 4.74 Å². The zero-order valence-electron chi connectivity index (χ0n) is 22.9. The van der Waals surface area contributed by atoms with Gasteiger partial charge >= 0.3 is 12.1 Å². The van der Waals surface area contributed by atoms with Crippen LogP contribution in [0.3, 0.4) is 0 Å². The van der Waals surface area contributed by atoms with Gasteiger partial charge in [-0.2, -0.15) is 0 Å². The number of anilines is 1. The van der Waals surface area contributed by atoms with E-state index in [1.807, 2.05) is 27.7 Å². The van der Waals surface area contributed by atoms with Gasteiger partial charge in [-0.1, -0.05) is 27.7 Å². The second-order valence-corrected chi connectivity index (χ2v) is 9.07. The molecule has 0 saturated carbocycles. The lowest BCUT2D eigenvalue weighted by Gasteiger charge is -2.37. The third kappa shape index (κ3) is 8.99. The second-order valence-electron chi connectivity index (χ2n) is 9.07. The third-order valence-electron chi connectivity index (χ3n) is 5.49. The van der Waals surface area contributed by atoms with Crippen molar-refractivity contribution in [1.29, 1.82) is 0 Å². The van der Waals surface area contributed by atoms with Crippen LogP contribution in [0.4, 0.5) is 14.9 Å². The quantitative estimate of drug-likeness (QED) is 0.499. The van der Waals surface area contributed by atoms with Crippen LogP contribution in [0.15, 0.2) is 12.1 Å². The van der Waals surface area contributed by atoms with E-state index in [0.717, 1.165) is 0 Å². The van der Waals surface area contributed by atoms with Crippen LogP contribution < -0.4 is 15.5 Å². The van der Waals surface area contributed by atoms with E-state index in [2.05, 4.69) is 10.6 Å². The minimum absolute atomic E-state index is 0.0701. The van der Waals surface area contributed by atoms with Gasteiger partial charge in [0.2, 0.25) is 11.8 Å². The standard InChI is InChI=1S/C22H29FN4O6.2C2H6/c1-22(2,3)33-21(32)27-10-8-26(9-11-27)16-6-4-13(20(30)31)14(18(16)23)12-24-15-5-7-17(28)25-19(15)29;2*1-2/h4,6,15,24H,5,7-12H2,1-3H3,(H,30,31)(H,25,28,29);2*1-2H3. The number of carboxylic acids is 1. The first kappa shape index (κ1) is 31.8. The first-order chi connectivity index (χ1) is 17.5. The number of amides is 3. The molecule has 0 spiro atoms. The van der Waals surface area contributed by atoms with Crippen LogP contribution in [-0.2, 0) is 20.9 Å². The molecule has 1 atom stereocenters. The molecule has 2 aliphatic heterocycles. The Bertz CT molecular complexity index is 955. The Morgan fingerprint density at radius 2 is 1.70 bits per heavy atom. The summed E-state index contributed by atoms with van der Waals surface area (Å²) in [4.78, 5) is 50.5. The molecule has 3 amide bonds. The van der Waals surface area contributed by atoms with Gasteiger partial charge in [-0.05, 0) is 39.3 Å². The predicted octanol–water partition coefficient (Wildman–Crippen LogP) is 3.53. The van der Waals surface area contributed by atoms with Crippen LogP contribution in [-0.4, -0.2) is 71.7 Å². The summed E-state index contributed by atoms with van der Waals surface area (Å²) >= 11 is 0. The Balaban J connectivity index is 0.00000163. The molecular formula is C26H41FN4O6. The van der Waals surface area contributed by atoms with Crippen molar-refractivity contribution >= 4 is 29.6 Å². The molecule has 0 aromatic heterocycles. The summed E-state index contributed by atoms with van der Waals surface area (Å²) in [5.74, 6) is -2.86. The predicted molar refractivity (Wildman–Crippen MR) is 139 cm³/mol. The molecule has 0 radical (unpaired) electrons. The molecule has 0 aliphatic carbocycles. The Hall–Kier alpha value is -3.21. The summed E-state index contributed by atoms with van der Waals surface area (Å²) in [5.41, 5.74) is -0.663. The number of nitrogens with zero attached hydrogens (tertiary/aromatic N) is 2. The normalized spacial score (nSPS) is 17.6. The molecule has 1 aromatic carbocycles. The van der Waals surface area contributed by atoms with E-state index >= 15 is 4.39 Å². The number of imide groups is 1. The Morgan fingerprint density at radius 1 is 1.11 bits per heavy atom. The zero-order valence-corrected chi connectivity index (χ0v) is 22.9. The van der Waals surface area contributed by atoms with Crippen molar-refractivity contribution in [1.82, 2.24) is 15.5 Å². The van der Waals surface area contributed by atoms with Crippen molar-refractivity contribution < 1.29 is 33.4 Å². The average molecular weight is 525 g/mol. The lowest BCUT2D eigenvalue weighted by Crippen LogP contribution is -2.51. The van der Waals surface area contributed by atoms with E-state index < -0.39 is 35.4 Å². The fourth-order valence-electron chi connectivity index (χ4n) is 3.80. The molecule has 2 saturated heterocycles. The van der Waals surface area contributed by atoms with Crippen molar-refractivity contribution in [3.63, 3.8) is 0 Å². The van der Waals surface area contributed by atoms with E-state index in [9.17, 15) is 24.3 Å². The zero-order chi connectivity index (χ0) is 28.3. The molecule has 11 heteroatoms. The molecule has 0 bridgehead atoms. The number of piperazine rings is 1. The number of carboxylic acid groups (broad SMARTS) is 1. The smallest absolute Gasteiger partial charge is 0.410 e. The van der Waals surface area contributed by atoms with Gasteiger partial charge in [-0.25, -0.2) is 14.0 Å². The maximum Gasteiger partial charge on any atom is 0.410 e. The van der Waals surface area contributed by atoms with Gasteiger partial charge in [0.25, 0.3) is 0 Å². The number of hydrogen-bond acceptors (Lipinski definition) is 7. The highest BCUT2D eigenvalue weighted by Crippen LogP contribution is 2.27. The Labute approximate surface area is 218 Å². The highest BCUT2D eigenvalue weighted by atomic mass is 19.1. The molecule has 3 N–H and O–H groups in total. The van der Waals surface area contributed by atoms with Crippen molar-refractivity contribution in [2.75, 3.05) is 31.1 Å². The number of carbonyl (C=O) groups is 4. The third-order valence-corrected chi connectivity index (χ3v) is 5.49. The minimum Gasteiger partial charge on any atom is -0.478 e. The van der Waals surface area contributed by atoms with Gasteiger partial charge in [0.15, 0.2) is 5.82 Å². The number of benzene rings is 1. The van der Waals surface area contributed by atoms with Gasteiger partial charge in [-0.15, -0.1) is 0 Å². The lowest BCUT2D eigenvalue weighted by molar-refractivity contribution is -0.134. The first-order valence-electron chi connectivity index (χ1n) is 12.8. The number of aromatic carboxylic acids is 1. The van der Waals surface area contributed by atoms with Crippen LogP contribution >= 0.6 is 0 Å². The summed E-state index contributed by atoms with van der Waals surface area (Å²) in [6.07, 6.45) is -0.0290. The van der Waals surface area contributed by atoms with Gasteiger partial charge in [-0.3, -0.25) is 14.9 Å². The van der Waals surface area contributed by atoms with E-state index in [1.165, 1.54) is 12.1 Å². The van der Waals surface area contributed by atoms with Crippen molar-refractivity contribution in [3.05, 3.63) is 29.1 Å². The number of nitrogens with one attached hydrogen (secondary N) is 2. The van der Waals surface area contributed by atoms with Gasteiger partial charge < -0.3 is 25.0 Å². The molecule has 1 aromatic rings. The van der Waals surface area contributed by atoms with E-state index in [1.54, 1.807) is 30.6 Å². The molecule has 10 nitrogen and oxygen atoms in total. The topological polar surface area (TPSA) is 128 Å². The summed E-state index contributed by atoms with van der Waals surface area (Å²) in [6, 6.07) is 2.03. The lowest BCUT2D eigenvalue weighted by atomic mass is 10.0. The van der Waals surface area contributed by atoms with Crippen LogP contribution in [0, 0.1) is 5.82 Å². The highest BCUT2D eigenvalue weighted by Gasteiger charge is 2.30.